The highest BCUT2D eigenvalue weighted by molar-refractivity contribution is 9.10. The number of carbonyl (C=O) groups is 1. The molecule has 0 heterocycles. The molecular weight excluding hydrogens is 332 g/mol. The topological polar surface area (TPSA) is 64.3 Å². The molecule has 3 N–H and O–H groups in total. The predicted molar refractivity (Wildman–Crippen MR) is 88.5 cm³/mol. The number of benzene rings is 1. The number of rotatable bonds is 4. The molecule has 1 fully saturated rings. The number of nitrogens with one attached hydrogen (secondary N) is 1. The summed E-state index contributed by atoms with van der Waals surface area (Å²) >= 11 is 3.41. The molecule has 1 aliphatic rings. The van der Waals surface area contributed by atoms with Gasteiger partial charge < -0.3 is 15.8 Å². The molecule has 0 spiro atoms. The molecule has 0 saturated heterocycles. The van der Waals surface area contributed by atoms with Crippen LogP contribution >= 0.6 is 15.9 Å². The molecular formula is C16H23BrN2O2. The van der Waals surface area contributed by atoms with Crippen molar-refractivity contribution in [3.8, 4) is 5.75 Å². The minimum Gasteiger partial charge on any atom is -0.495 e. The van der Waals surface area contributed by atoms with Gasteiger partial charge in [-0.1, -0.05) is 25.7 Å². The molecule has 0 bridgehead atoms. The molecule has 0 radical (unpaired) electrons. The van der Waals surface area contributed by atoms with E-state index < -0.39 is 5.41 Å². The smallest absolute Gasteiger partial charge is 0.231 e. The Morgan fingerprint density at radius 2 is 2.00 bits per heavy atom. The molecule has 5 heteroatoms. The van der Waals surface area contributed by atoms with Gasteiger partial charge in [0.05, 0.1) is 17.0 Å². The van der Waals surface area contributed by atoms with E-state index in [2.05, 4.69) is 21.2 Å². The number of anilines is 1. The number of ether oxygens (including phenoxy) is 1. The quantitative estimate of drug-likeness (QED) is 0.810. The normalized spacial score (nSPS) is 17.9. The lowest BCUT2D eigenvalue weighted by Gasteiger charge is -2.29. The average molecular weight is 355 g/mol. The molecule has 1 aromatic carbocycles. The van der Waals surface area contributed by atoms with Crippen molar-refractivity contribution in [2.24, 2.45) is 11.1 Å². The van der Waals surface area contributed by atoms with Crippen LogP contribution in [0.5, 0.6) is 5.75 Å². The first kappa shape index (κ1) is 16.3. The fourth-order valence-corrected chi connectivity index (χ4v) is 3.34. The number of carbonyl (C=O) groups excluding carboxylic acids is 1. The van der Waals surface area contributed by atoms with Crippen LogP contribution in [-0.4, -0.2) is 19.6 Å². The average Bonchev–Trinajstić information content (AvgIpc) is 2.75. The monoisotopic (exact) mass is 354 g/mol. The van der Waals surface area contributed by atoms with Crippen LogP contribution in [0.3, 0.4) is 0 Å². The van der Waals surface area contributed by atoms with E-state index in [1.165, 1.54) is 12.8 Å². The first-order chi connectivity index (χ1) is 10.1. The summed E-state index contributed by atoms with van der Waals surface area (Å²) in [6.45, 7) is 0.409. The zero-order chi connectivity index (χ0) is 15.3. The third-order valence-electron chi connectivity index (χ3n) is 4.34. The van der Waals surface area contributed by atoms with E-state index in [0.717, 1.165) is 35.8 Å². The van der Waals surface area contributed by atoms with Gasteiger partial charge >= 0.3 is 0 Å². The van der Waals surface area contributed by atoms with Crippen molar-refractivity contribution in [1.82, 2.24) is 0 Å². The van der Waals surface area contributed by atoms with E-state index >= 15 is 0 Å². The second kappa shape index (κ2) is 7.27. The predicted octanol–water partition coefficient (Wildman–Crippen LogP) is 3.70. The van der Waals surface area contributed by atoms with E-state index in [1.807, 2.05) is 18.2 Å². The van der Waals surface area contributed by atoms with Crippen molar-refractivity contribution >= 4 is 27.5 Å². The van der Waals surface area contributed by atoms with Crippen LogP contribution in [-0.2, 0) is 4.79 Å². The van der Waals surface area contributed by atoms with Crippen molar-refractivity contribution in [2.75, 3.05) is 19.0 Å². The molecule has 21 heavy (non-hydrogen) atoms. The fraction of sp³-hybridized carbons (Fsp3) is 0.562. The zero-order valence-corrected chi connectivity index (χ0v) is 14.0. The lowest BCUT2D eigenvalue weighted by atomic mass is 9.79. The Morgan fingerprint density at radius 3 is 2.57 bits per heavy atom. The Balaban J connectivity index is 2.15. The largest absolute Gasteiger partial charge is 0.495 e. The van der Waals surface area contributed by atoms with Crippen molar-refractivity contribution in [3.05, 3.63) is 22.7 Å². The Labute approximate surface area is 134 Å². The molecule has 0 unspecified atom stereocenters. The summed E-state index contributed by atoms with van der Waals surface area (Å²) in [5.41, 5.74) is 6.28. The van der Waals surface area contributed by atoms with Gasteiger partial charge in [-0.3, -0.25) is 4.79 Å². The highest BCUT2D eigenvalue weighted by Gasteiger charge is 2.37. The SMILES string of the molecule is COc1cc(NC(=O)C2(CN)CCCCCC2)ccc1Br. The number of hydrogen-bond acceptors (Lipinski definition) is 3. The molecule has 1 amide bonds. The van der Waals surface area contributed by atoms with Crippen LogP contribution in [0.2, 0.25) is 0 Å². The second-order valence-electron chi connectivity index (χ2n) is 5.70. The zero-order valence-electron chi connectivity index (χ0n) is 12.5. The third kappa shape index (κ3) is 3.77. The summed E-state index contributed by atoms with van der Waals surface area (Å²) in [6.07, 6.45) is 6.30. The highest BCUT2D eigenvalue weighted by atomic mass is 79.9. The standard InChI is InChI=1S/C16H23BrN2O2/c1-21-14-10-12(6-7-13(14)17)19-15(20)16(11-18)8-4-2-3-5-9-16/h6-7,10H,2-5,8-9,11,18H2,1H3,(H,19,20). The van der Waals surface area contributed by atoms with Gasteiger partial charge in [0.15, 0.2) is 0 Å². The van der Waals surface area contributed by atoms with Gasteiger partial charge in [0.25, 0.3) is 0 Å². The van der Waals surface area contributed by atoms with Crippen LogP contribution in [0.1, 0.15) is 38.5 Å². The van der Waals surface area contributed by atoms with Crippen LogP contribution in [0.25, 0.3) is 0 Å². The second-order valence-corrected chi connectivity index (χ2v) is 6.56. The van der Waals surface area contributed by atoms with Crippen molar-refractivity contribution < 1.29 is 9.53 Å². The van der Waals surface area contributed by atoms with E-state index in [-0.39, 0.29) is 5.91 Å². The van der Waals surface area contributed by atoms with Gasteiger partial charge in [0, 0.05) is 18.3 Å². The summed E-state index contributed by atoms with van der Waals surface area (Å²) < 4.78 is 6.13. The maximum atomic E-state index is 12.7. The van der Waals surface area contributed by atoms with Gasteiger partial charge in [0.1, 0.15) is 5.75 Å². The molecule has 1 aliphatic carbocycles. The van der Waals surface area contributed by atoms with E-state index in [9.17, 15) is 4.79 Å². The molecule has 4 nitrogen and oxygen atoms in total. The maximum Gasteiger partial charge on any atom is 0.231 e. The third-order valence-corrected chi connectivity index (χ3v) is 5.00. The van der Waals surface area contributed by atoms with Crippen LogP contribution in [0.15, 0.2) is 22.7 Å². The summed E-state index contributed by atoms with van der Waals surface area (Å²) in [5.74, 6) is 0.742. The summed E-state index contributed by atoms with van der Waals surface area (Å²) in [5, 5.41) is 3.01. The van der Waals surface area contributed by atoms with Gasteiger partial charge in [-0.25, -0.2) is 0 Å². The van der Waals surface area contributed by atoms with Crippen LogP contribution in [0.4, 0.5) is 5.69 Å². The molecule has 1 aromatic rings. The number of methoxy groups -OCH3 is 1. The number of nitrogens with two attached hydrogens (primary N) is 1. The van der Waals surface area contributed by atoms with E-state index in [4.69, 9.17) is 10.5 Å². The molecule has 0 aromatic heterocycles. The van der Waals surface area contributed by atoms with Crippen molar-refractivity contribution in [1.29, 1.82) is 0 Å². The van der Waals surface area contributed by atoms with Crippen molar-refractivity contribution in [2.45, 2.75) is 38.5 Å². The molecule has 2 rings (SSSR count). The van der Waals surface area contributed by atoms with Gasteiger partial charge in [-0.15, -0.1) is 0 Å². The summed E-state index contributed by atoms with van der Waals surface area (Å²) in [4.78, 5) is 12.7. The van der Waals surface area contributed by atoms with Crippen molar-refractivity contribution in [3.63, 3.8) is 0 Å². The van der Waals surface area contributed by atoms with Gasteiger partial charge in [-0.05, 0) is 40.9 Å². The first-order valence-corrected chi connectivity index (χ1v) is 8.26. The number of amides is 1. The Kier molecular flexibility index (Phi) is 5.65. The van der Waals surface area contributed by atoms with Crippen LogP contribution in [0, 0.1) is 5.41 Å². The minimum absolute atomic E-state index is 0.0382. The Morgan fingerprint density at radius 1 is 1.33 bits per heavy atom. The summed E-state index contributed by atoms with van der Waals surface area (Å²) in [7, 11) is 1.61. The number of halogens is 1. The Bertz CT molecular complexity index is 497. The van der Waals surface area contributed by atoms with Gasteiger partial charge in [-0.2, -0.15) is 0 Å². The fourth-order valence-electron chi connectivity index (χ4n) is 2.93. The summed E-state index contributed by atoms with van der Waals surface area (Å²) in [6, 6.07) is 5.56. The Hall–Kier alpha value is -1.07. The maximum absolute atomic E-state index is 12.7. The van der Waals surface area contributed by atoms with E-state index in [1.54, 1.807) is 7.11 Å². The lowest BCUT2D eigenvalue weighted by Crippen LogP contribution is -2.42. The molecule has 1 saturated carbocycles. The minimum atomic E-state index is -0.420. The highest BCUT2D eigenvalue weighted by Crippen LogP contribution is 2.36. The molecule has 116 valence electrons. The van der Waals surface area contributed by atoms with Gasteiger partial charge in [0.2, 0.25) is 5.91 Å². The van der Waals surface area contributed by atoms with Crippen LogP contribution < -0.4 is 15.8 Å². The van der Waals surface area contributed by atoms with E-state index in [0.29, 0.717) is 12.3 Å². The lowest BCUT2D eigenvalue weighted by molar-refractivity contribution is -0.125. The molecule has 0 aliphatic heterocycles. The number of hydrogen-bond donors (Lipinski definition) is 2. The first-order valence-electron chi connectivity index (χ1n) is 7.46. The molecule has 0 atom stereocenters.